The standard InChI is InChI=1S/C20H33N5O2/c1-16(2)6-8-22-20(21)23-15-17-4-3-5-18(14-17)24-19(26)7-9-25-10-12-27-13-11-25/h3-5,14,16H,6-13,15H2,1-2H3,(H,24,26)(H3,21,22,23). The van der Waals surface area contributed by atoms with E-state index in [4.69, 9.17) is 10.5 Å². The number of hydrogen-bond donors (Lipinski definition) is 3. The zero-order valence-electron chi connectivity index (χ0n) is 16.5. The van der Waals surface area contributed by atoms with Gasteiger partial charge in [-0.05, 0) is 30.0 Å². The van der Waals surface area contributed by atoms with Gasteiger partial charge in [-0.1, -0.05) is 26.0 Å². The number of rotatable bonds is 9. The van der Waals surface area contributed by atoms with Gasteiger partial charge in [-0.2, -0.15) is 0 Å². The molecular formula is C20H33N5O2. The third-order valence-corrected chi connectivity index (χ3v) is 4.43. The molecule has 0 aliphatic carbocycles. The number of carbonyl (C=O) groups excluding carboxylic acids is 1. The zero-order chi connectivity index (χ0) is 19.5. The Bertz CT molecular complexity index is 612. The van der Waals surface area contributed by atoms with Crippen LogP contribution in [0.5, 0.6) is 0 Å². The van der Waals surface area contributed by atoms with E-state index in [0.717, 1.165) is 57.1 Å². The summed E-state index contributed by atoms with van der Waals surface area (Å²) in [5.41, 5.74) is 7.69. The van der Waals surface area contributed by atoms with E-state index in [1.54, 1.807) is 0 Å². The van der Waals surface area contributed by atoms with E-state index in [0.29, 0.717) is 24.8 Å². The zero-order valence-corrected chi connectivity index (χ0v) is 16.5. The van der Waals surface area contributed by atoms with Crippen molar-refractivity contribution in [2.45, 2.75) is 33.2 Å². The molecule has 2 rings (SSSR count). The first-order chi connectivity index (χ1) is 13.0. The van der Waals surface area contributed by atoms with E-state index in [9.17, 15) is 4.79 Å². The predicted octanol–water partition coefficient (Wildman–Crippen LogP) is 1.80. The van der Waals surface area contributed by atoms with Gasteiger partial charge in [0.15, 0.2) is 5.96 Å². The van der Waals surface area contributed by atoms with Crippen molar-refractivity contribution in [2.24, 2.45) is 16.6 Å². The number of morpholine rings is 1. The minimum absolute atomic E-state index is 0.0250. The van der Waals surface area contributed by atoms with E-state index >= 15 is 0 Å². The highest BCUT2D eigenvalue weighted by Gasteiger charge is 2.12. The van der Waals surface area contributed by atoms with Crippen molar-refractivity contribution in [1.82, 2.24) is 10.2 Å². The Morgan fingerprint density at radius 2 is 2.11 bits per heavy atom. The predicted molar refractivity (Wildman–Crippen MR) is 110 cm³/mol. The van der Waals surface area contributed by atoms with Crippen LogP contribution in [0.3, 0.4) is 0 Å². The molecule has 7 heteroatoms. The second-order valence-electron chi connectivity index (χ2n) is 7.26. The molecule has 1 aliphatic rings. The van der Waals surface area contributed by atoms with Gasteiger partial charge in [0.2, 0.25) is 5.91 Å². The molecular weight excluding hydrogens is 342 g/mol. The Hall–Kier alpha value is -2.12. The number of nitrogens with one attached hydrogen (secondary N) is 2. The largest absolute Gasteiger partial charge is 0.379 e. The third-order valence-electron chi connectivity index (χ3n) is 4.43. The molecule has 150 valence electrons. The SMILES string of the molecule is CC(C)CCNC(N)=NCc1cccc(NC(=O)CCN2CCOCC2)c1. The van der Waals surface area contributed by atoms with Crippen LogP contribution in [0.1, 0.15) is 32.3 Å². The van der Waals surface area contributed by atoms with Gasteiger partial charge in [0.05, 0.1) is 19.8 Å². The first-order valence-electron chi connectivity index (χ1n) is 9.75. The molecule has 1 saturated heterocycles. The molecule has 4 N–H and O–H groups in total. The average Bonchev–Trinajstić information content (AvgIpc) is 2.66. The molecule has 0 saturated carbocycles. The van der Waals surface area contributed by atoms with Crippen molar-refractivity contribution in [3.63, 3.8) is 0 Å². The first kappa shape index (κ1) is 21.2. The van der Waals surface area contributed by atoms with Crippen LogP contribution < -0.4 is 16.4 Å². The third kappa shape index (κ3) is 8.88. The highest BCUT2D eigenvalue weighted by Crippen LogP contribution is 2.12. The van der Waals surface area contributed by atoms with Crippen LogP contribution in [-0.4, -0.2) is 56.2 Å². The van der Waals surface area contributed by atoms with Crippen molar-refractivity contribution < 1.29 is 9.53 Å². The highest BCUT2D eigenvalue weighted by molar-refractivity contribution is 5.90. The van der Waals surface area contributed by atoms with E-state index < -0.39 is 0 Å². The summed E-state index contributed by atoms with van der Waals surface area (Å²) in [7, 11) is 0. The van der Waals surface area contributed by atoms with Gasteiger partial charge in [0.1, 0.15) is 0 Å². The van der Waals surface area contributed by atoms with Crippen LogP contribution >= 0.6 is 0 Å². The number of ether oxygens (including phenoxy) is 1. The van der Waals surface area contributed by atoms with Gasteiger partial charge in [0.25, 0.3) is 0 Å². The molecule has 0 unspecified atom stereocenters. The lowest BCUT2D eigenvalue weighted by atomic mass is 10.1. The lowest BCUT2D eigenvalue weighted by Gasteiger charge is -2.26. The summed E-state index contributed by atoms with van der Waals surface area (Å²) in [5, 5.41) is 6.09. The lowest BCUT2D eigenvalue weighted by molar-refractivity contribution is -0.116. The number of aliphatic imine (C=N–C) groups is 1. The molecule has 1 aromatic carbocycles. The second kappa shape index (κ2) is 11.6. The quantitative estimate of drug-likeness (QED) is 0.452. The first-order valence-corrected chi connectivity index (χ1v) is 9.75. The fourth-order valence-electron chi connectivity index (χ4n) is 2.78. The minimum atomic E-state index is 0.0250. The van der Waals surface area contributed by atoms with Crippen LogP contribution in [0.25, 0.3) is 0 Å². The Morgan fingerprint density at radius 1 is 1.33 bits per heavy atom. The van der Waals surface area contributed by atoms with Crippen LogP contribution in [0.4, 0.5) is 5.69 Å². The summed E-state index contributed by atoms with van der Waals surface area (Å²) in [5.74, 6) is 1.11. The number of anilines is 1. The molecule has 1 fully saturated rings. The van der Waals surface area contributed by atoms with Gasteiger partial charge < -0.3 is 21.1 Å². The number of nitrogens with zero attached hydrogens (tertiary/aromatic N) is 2. The van der Waals surface area contributed by atoms with Gasteiger partial charge >= 0.3 is 0 Å². The van der Waals surface area contributed by atoms with Gasteiger partial charge in [0, 0.05) is 38.3 Å². The van der Waals surface area contributed by atoms with Crippen LogP contribution in [0.15, 0.2) is 29.3 Å². The minimum Gasteiger partial charge on any atom is -0.379 e. The molecule has 0 bridgehead atoms. The van der Waals surface area contributed by atoms with Gasteiger partial charge in [-0.15, -0.1) is 0 Å². The fraction of sp³-hybridized carbons (Fsp3) is 0.600. The number of amides is 1. The van der Waals surface area contributed by atoms with Crippen molar-refractivity contribution in [3.05, 3.63) is 29.8 Å². The summed E-state index contributed by atoms with van der Waals surface area (Å²) in [6.45, 7) is 9.72. The summed E-state index contributed by atoms with van der Waals surface area (Å²) >= 11 is 0. The summed E-state index contributed by atoms with van der Waals surface area (Å²) in [4.78, 5) is 18.8. The molecule has 0 atom stereocenters. The topological polar surface area (TPSA) is 92.0 Å². The fourth-order valence-corrected chi connectivity index (χ4v) is 2.78. The maximum atomic E-state index is 12.2. The smallest absolute Gasteiger partial charge is 0.225 e. The number of nitrogens with two attached hydrogens (primary N) is 1. The normalized spacial score (nSPS) is 15.7. The molecule has 27 heavy (non-hydrogen) atoms. The highest BCUT2D eigenvalue weighted by atomic mass is 16.5. The van der Waals surface area contributed by atoms with Crippen molar-refractivity contribution in [3.8, 4) is 0 Å². The summed E-state index contributed by atoms with van der Waals surface area (Å²) in [6, 6.07) is 7.74. The number of hydrogen-bond acceptors (Lipinski definition) is 4. The van der Waals surface area contributed by atoms with Gasteiger partial charge in [-0.25, -0.2) is 4.99 Å². The number of benzene rings is 1. The second-order valence-corrected chi connectivity index (χ2v) is 7.26. The average molecular weight is 376 g/mol. The molecule has 1 aliphatic heterocycles. The van der Waals surface area contributed by atoms with Crippen LogP contribution in [0.2, 0.25) is 0 Å². The maximum absolute atomic E-state index is 12.2. The van der Waals surface area contributed by atoms with Crippen molar-refractivity contribution in [2.75, 3.05) is 44.7 Å². The molecule has 0 aromatic heterocycles. The van der Waals surface area contributed by atoms with Crippen molar-refractivity contribution in [1.29, 1.82) is 0 Å². The van der Waals surface area contributed by atoms with Crippen molar-refractivity contribution >= 4 is 17.6 Å². The van der Waals surface area contributed by atoms with Gasteiger partial charge in [-0.3, -0.25) is 9.69 Å². The van der Waals surface area contributed by atoms with E-state index in [-0.39, 0.29) is 5.91 Å². The molecule has 1 amide bonds. The Labute approximate surface area is 162 Å². The molecule has 7 nitrogen and oxygen atoms in total. The molecule has 0 radical (unpaired) electrons. The van der Waals surface area contributed by atoms with Crippen LogP contribution in [-0.2, 0) is 16.1 Å². The molecule has 1 aromatic rings. The number of guanidine groups is 1. The summed E-state index contributed by atoms with van der Waals surface area (Å²) in [6.07, 6.45) is 1.54. The van der Waals surface area contributed by atoms with E-state index in [2.05, 4.69) is 34.4 Å². The Kier molecular flexibility index (Phi) is 9.07. The maximum Gasteiger partial charge on any atom is 0.225 e. The Balaban J connectivity index is 1.75. The molecule has 0 spiro atoms. The summed E-state index contributed by atoms with van der Waals surface area (Å²) < 4.78 is 5.32. The Morgan fingerprint density at radius 3 is 2.85 bits per heavy atom. The van der Waals surface area contributed by atoms with E-state index in [1.807, 2.05) is 24.3 Å². The van der Waals surface area contributed by atoms with Crippen LogP contribution in [0, 0.1) is 5.92 Å². The monoisotopic (exact) mass is 375 g/mol. The van der Waals surface area contributed by atoms with E-state index in [1.165, 1.54) is 0 Å². The lowest BCUT2D eigenvalue weighted by Crippen LogP contribution is -2.38. The number of carbonyl (C=O) groups is 1. The molecule has 1 heterocycles.